The van der Waals surface area contributed by atoms with E-state index in [0.717, 1.165) is 19.6 Å². The van der Waals surface area contributed by atoms with Crippen LogP contribution in [0.2, 0.25) is 0 Å². The van der Waals surface area contributed by atoms with Gasteiger partial charge >= 0.3 is 5.82 Å². The zero-order valence-electron chi connectivity index (χ0n) is 12.1. The van der Waals surface area contributed by atoms with Crippen LogP contribution in [0.25, 0.3) is 11.3 Å². The molecule has 21 heavy (non-hydrogen) atoms. The molecule has 0 aliphatic heterocycles. The summed E-state index contributed by atoms with van der Waals surface area (Å²) in [5, 5.41) is 0. The third kappa shape index (κ3) is 4.44. The molecule has 0 saturated heterocycles. The lowest BCUT2D eigenvalue weighted by Gasteiger charge is -2.16. The number of hydrogen-bond acceptors (Lipinski definition) is 4. The Bertz CT molecular complexity index is 602. The van der Waals surface area contributed by atoms with Crippen molar-refractivity contribution in [3.8, 4) is 11.3 Å². The summed E-state index contributed by atoms with van der Waals surface area (Å²) in [6, 6.07) is 5.81. The van der Waals surface area contributed by atoms with Gasteiger partial charge in [-0.05, 0) is 37.4 Å². The second kappa shape index (κ2) is 8.00. The maximum absolute atomic E-state index is 12.9. The molecule has 0 saturated carbocycles. The molecule has 0 radical (unpaired) electrons. The zero-order chi connectivity index (χ0) is 14.5. The molecule has 0 aliphatic carbocycles. The lowest BCUT2D eigenvalue weighted by molar-refractivity contribution is 0.295. The zero-order valence-corrected chi connectivity index (χ0v) is 12.9. The normalized spacial score (nSPS) is 10.7. The van der Waals surface area contributed by atoms with Gasteiger partial charge in [-0.3, -0.25) is 0 Å². The third-order valence-corrected chi connectivity index (χ3v) is 3.30. The highest BCUT2D eigenvalue weighted by atomic mass is 35.5. The molecule has 0 spiro atoms. The van der Waals surface area contributed by atoms with E-state index in [4.69, 9.17) is 8.83 Å². The Balaban J connectivity index is 0.00000220. The van der Waals surface area contributed by atoms with Crippen LogP contribution in [0.15, 0.2) is 37.9 Å². The molecule has 0 N–H and O–H groups in total. The van der Waals surface area contributed by atoms with Gasteiger partial charge < -0.3 is 13.7 Å². The fourth-order valence-corrected chi connectivity index (χ4v) is 2.09. The first-order valence-electron chi connectivity index (χ1n) is 6.75. The molecule has 0 unspecified atom stereocenters. The van der Waals surface area contributed by atoms with Gasteiger partial charge in [0.15, 0.2) is 11.5 Å². The van der Waals surface area contributed by atoms with Crippen LogP contribution < -0.4 is 5.82 Å². The van der Waals surface area contributed by atoms with E-state index in [-0.39, 0.29) is 18.2 Å². The van der Waals surface area contributed by atoms with Crippen molar-refractivity contribution in [3.05, 3.63) is 46.5 Å². The molecule has 6 heteroatoms. The van der Waals surface area contributed by atoms with Crippen molar-refractivity contribution < 1.29 is 13.2 Å². The maximum Gasteiger partial charge on any atom is 0.519 e. The molecular weight excluding hydrogens is 297 g/mol. The lowest BCUT2D eigenvalue weighted by Crippen LogP contribution is -2.25. The van der Waals surface area contributed by atoms with E-state index in [0.29, 0.717) is 23.5 Å². The summed E-state index contributed by atoms with van der Waals surface area (Å²) in [5.74, 6) is -0.154. The van der Waals surface area contributed by atoms with Crippen molar-refractivity contribution in [2.75, 3.05) is 19.6 Å². The summed E-state index contributed by atoms with van der Waals surface area (Å²) < 4.78 is 23.1. The first-order valence-corrected chi connectivity index (χ1v) is 6.75. The first kappa shape index (κ1) is 17.5. The van der Waals surface area contributed by atoms with Crippen LogP contribution in [-0.2, 0) is 6.42 Å². The minimum atomic E-state index is -0.723. The second-order valence-corrected chi connectivity index (χ2v) is 4.49. The van der Waals surface area contributed by atoms with Gasteiger partial charge in [0.2, 0.25) is 0 Å². The van der Waals surface area contributed by atoms with Gasteiger partial charge in [0.05, 0.1) is 0 Å². The standard InChI is InChI=1S/C15H18FNO3.ClH/c1-3-17(4-2)10-9-13-14(20-15(18)19-13)11-5-7-12(16)8-6-11;/h5-8H,3-4,9-10H2,1-2H3;1H. The highest BCUT2D eigenvalue weighted by Crippen LogP contribution is 2.23. The Morgan fingerprint density at radius 1 is 1.10 bits per heavy atom. The second-order valence-electron chi connectivity index (χ2n) is 4.49. The SMILES string of the molecule is CCN(CC)CCc1oc(=O)oc1-c1ccc(F)cc1.Cl. The Kier molecular flexibility index (Phi) is 6.65. The molecule has 4 nitrogen and oxygen atoms in total. The molecule has 2 rings (SSSR count). The van der Waals surface area contributed by atoms with Gasteiger partial charge in [0, 0.05) is 18.5 Å². The van der Waals surface area contributed by atoms with Gasteiger partial charge in [-0.25, -0.2) is 9.18 Å². The summed E-state index contributed by atoms with van der Waals surface area (Å²) in [5.41, 5.74) is 0.645. The Hall–Kier alpha value is -1.59. The topological polar surface area (TPSA) is 46.6 Å². The minimum absolute atomic E-state index is 0. The van der Waals surface area contributed by atoms with Gasteiger partial charge in [-0.2, -0.15) is 0 Å². The van der Waals surface area contributed by atoms with Crippen LogP contribution in [-0.4, -0.2) is 24.5 Å². The van der Waals surface area contributed by atoms with Crippen LogP contribution in [0, 0.1) is 5.82 Å². The van der Waals surface area contributed by atoms with Crippen LogP contribution >= 0.6 is 12.4 Å². The number of likely N-dealkylation sites (N-methyl/N-ethyl adjacent to an activating group) is 1. The van der Waals surface area contributed by atoms with Gasteiger partial charge in [0.1, 0.15) is 5.82 Å². The first-order chi connectivity index (χ1) is 9.63. The van der Waals surface area contributed by atoms with Crippen LogP contribution in [0.3, 0.4) is 0 Å². The highest BCUT2D eigenvalue weighted by Gasteiger charge is 2.15. The van der Waals surface area contributed by atoms with Gasteiger partial charge in [-0.15, -0.1) is 12.4 Å². The molecule has 1 aromatic carbocycles. The lowest BCUT2D eigenvalue weighted by atomic mass is 10.1. The van der Waals surface area contributed by atoms with E-state index in [2.05, 4.69) is 18.7 Å². The number of hydrogen-bond donors (Lipinski definition) is 0. The van der Waals surface area contributed by atoms with E-state index >= 15 is 0 Å². The van der Waals surface area contributed by atoms with E-state index < -0.39 is 5.82 Å². The van der Waals surface area contributed by atoms with Crippen molar-refractivity contribution in [2.45, 2.75) is 20.3 Å². The van der Waals surface area contributed by atoms with Crippen LogP contribution in [0.1, 0.15) is 19.6 Å². The minimum Gasteiger partial charge on any atom is -0.395 e. The highest BCUT2D eigenvalue weighted by molar-refractivity contribution is 5.85. The summed E-state index contributed by atoms with van der Waals surface area (Å²) in [6.07, 6.45) is 0.583. The monoisotopic (exact) mass is 315 g/mol. The molecular formula is C15H19ClFNO3. The molecule has 0 amide bonds. The van der Waals surface area contributed by atoms with E-state index in [1.165, 1.54) is 12.1 Å². The predicted octanol–water partition coefficient (Wildman–Crippen LogP) is 3.35. The number of rotatable bonds is 6. The summed E-state index contributed by atoms with van der Waals surface area (Å²) in [7, 11) is 0. The predicted molar refractivity (Wildman–Crippen MR) is 81.4 cm³/mol. The largest absolute Gasteiger partial charge is 0.519 e. The molecule has 1 aromatic heterocycles. The third-order valence-electron chi connectivity index (χ3n) is 3.30. The van der Waals surface area contributed by atoms with E-state index in [1.54, 1.807) is 12.1 Å². The summed E-state index contributed by atoms with van der Waals surface area (Å²) >= 11 is 0. The number of benzene rings is 1. The number of halogens is 2. The fraction of sp³-hybridized carbons (Fsp3) is 0.400. The van der Waals surface area contributed by atoms with Crippen molar-refractivity contribution in [3.63, 3.8) is 0 Å². The van der Waals surface area contributed by atoms with Crippen molar-refractivity contribution >= 4 is 12.4 Å². The molecule has 0 aliphatic rings. The van der Waals surface area contributed by atoms with E-state index in [1.807, 2.05) is 0 Å². The molecule has 0 bridgehead atoms. The van der Waals surface area contributed by atoms with Crippen LogP contribution in [0.4, 0.5) is 4.39 Å². The molecule has 1 heterocycles. The maximum atomic E-state index is 12.9. The van der Waals surface area contributed by atoms with Crippen molar-refractivity contribution in [2.24, 2.45) is 0 Å². The van der Waals surface area contributed by atoms with Crippen molar-refractivity contribution in [1.82, 2.24) is 4.90 Å². The molecule has 0 atom stereocenters. The van der Waals surface area contributed by atoms with Crippen LogP contribution in [0.5, 0.6) is 0 Å². The summed E-state index contributed by atoms with van der Waals surface area (Å²) in [4.78, 5) is 13.5. The Morgan fingerprint density at radius 2 is 1.71 bits per heavy atom. The van der Waals surface area contributed by atoms with Gasteiger partial charge in [-0.1, -0.05) is 13.8 Å². The molecule has 116 valence electrons. The van der Waals surface area contributed by atoms with Crippen molar-refractivity contribution in [1.29, 1.82) is 0 Å². The fourth-order valence-electron chi connectivity index (χ4n) is 2.09. The quantitative estimate of drug-likeness (QED) is 0.820. The van der Waals surface area contributed by atoms with E-state index in [9.17, 15) is 9.18 Å². The average molecular weight is 316 g/mol. The Morgan fingerprint density at radius 3 is 2.29 bits per heavy atom. The Labute approximate surface area is 129 Å². The average Bonchev–Trinajstić information content (AvgIpc) is 2.82. The van der Waals surface area contributed by atoms with Gasteiger partial charge in [0.25, 0.3) is 0 Å². The smallest absolute Gasteiger partial charge is 0.395 e. The number of nitrogens with zero attached hydrogens (tertiary/aromatic N) is 1. The molecule has 0 fully saturated rings. The summed E-state index contributed by atoms with van der Waals surface area (Å²) in [6.45, 7) is 6.81. The molecule has 2 aromatic rings.